The minimum Gasteiger partial charge on any atom is -0.307 e. The average molecular weight is 231 g/mol. The highest BCUT2D eigenvalue weighted by atomic mass is 15.0. The van der Waals surface area contributed by atoms with Crippen LogP contribution in [0.25, 0.3) is 0 Å². The first-order chi connectivity index (χ1) is 8.22. The third-order valence-electron chi connectivity index (χ3n) is 4.33. The van der Waals surface area contributed by atoms with Gasteiger partial charge < -0.3 is 5.32 Å². The lowest BCUT2D eigenvalue weighted by molar-refractivity contribution is 0.330. The van der Waals surface area contributed by atoms with Crippen molar-refractivity contribution in [2.75, 3.05) is 0 Å². The highest BCUT2D eigenvalue weighted by Crippen LogP contribution is 2.30. The zero-order valence-electron chi connectivity index (χ0n) is 11.4. The minimum absolute atomic E-state index is 0.573. The van der Waals surface area contributed by atoms with Gasteiger partial charge >= 0.3 is 0 Å². The van der Waals surface area contributed by atoms with Gasteiger partial charge in [0.15, 0.2) is 0 Å². The summed E-state index contributed by atoms with van der Waals surface area (Å²) in [6.07, 6.45) is 5.12. The van der Waals surface area contributed by atoms with Gasteiger partial charge in [0.1, 0.15) is 0 Å². The Morgan fingerprint density at radius 1 is 1.29 bits per heavy atom. The van der Waals surface area contributed by atoms with Crippen molar-refractivity contribution in [1.29, 1.82) is 0 Å². The molecular formula is C16H25N. The van der Waals surface area contributed by atoms with E-state index in [1.54, 1.807) is 5.56 Å². The van der Waals surface area contributed by atoms with Crippen LogP contribution >= 0.6 is 0 Å². The molecule has 3 atom stereocenters. The molecule has 94 valence electrons. The summed E-state index contributed by atoms with van der Waals surface area (Å²) in [6, 6.07) is 10.1. The Morgan fingerprint density at radius 3 is 2.82 bits per heavy atom. The molecule has 0 heterocycles. The van der Waals surface area contributed by atoms with Crippen LogP contribution in [0.4, 0.5) is 0 Å². The summed E-state index contributed by atoms with van der Waals surface area (Å²) in [6.45, 7) is 6.94. The zero-order valence-corrected chi connectivity index (χ0v) is 11.4. The molecule has 0 aromatic heterocycles. The molecule has 1 aliphatic rings. The Hall–Kier alpha value is -0.820. The lowest BCUT2D eigenvalue weighted by Crippen LogP contribution is -2.36. The summed E-state index contributed by atoms with van der Waals surface area (Å²) >= 11 is 0. The van der Waals surface area contributed by atoms with E-state index in [9.17, 15) is 0 Å². The van der Waals surface area contributed by atoms with Crippen molar-refractivity contribution in [2.45, 2.75) is 58.5 Å². The van der Waals surface area contributed by atoms with Crippen LogP contribution < -0.4 is 5.32 Å². The van der Waals surface area contributed by atoms with Gasteiger partial charge in [0, 0.05) is 12.1 Å². The van der Waals surface area contributed by atoms with Gasteiger partial charge in [0.2, 0.25) is 0 Å². The first kappa shape index (κ1) is 12.6. The first-order valence-electron chi connectivity index (χ1n) is 7.06. The summed E-state index contributed by atoms with van der Waals surface area (Å²) < 4.78 is 0. The van der Waals surface area contributed by atoms with E-state index in [1.807, 2.05) is 0 Å². The number of hydrogen-bond donors (Lipinski definition) is 1. The van der Waals surface area contributed by atoms with Gasteiger partial charge in [-0.2, -0.15) is 0 Å². The second kappa shape index (κ2) is 5.68. The van der Waals surface area contributed by atoms with Gasteiger partial charge in [-0.1, -0.05) is 44.5 Å². The highest BCUT2D eigenvalue weighted by molar-refractivity contribution is 5.32. The van der Waals surface area contributed by atoms with Crippen LogP contribution in [0.15, 0.2) is 24.3 Å². The maximum atomic E-state index is 3.83. The van der Waals surface area contributed by atoms with E-state index in [0.29, 0.717) is 12.1 Å². The second-order valence-corrected chi connectivity index (χ2v) is 5.48. The molecule has 0 saturated carbocycles. The summed E-state index contributed by atoms with van der Waals surface area (Å²) in [7, 11) is 0. The number of nitrogens with one attached hydrogen (secondary N) is 1. The van der Waals surface area contributed by atoms with Gasteiger partial charge in [-0.3, -0.25) is 0 Å². The maximum absolute atomic E-state index is 3.83. The molecule has 3 unspecified atom stereocenters. The number of fused-ring (bicyclic) bond motifs is 1. The molecule has 1 aromatic carbocycles. The van der Waals surface area contributed by atoms with Gasteiger partial charge in [-0.25, -0.2) is 0 Å². The Kier molecular flexibility index (Phi) is 4.22. The number of aryl methyl sites for hydroxylation is 1. The van der Waals surface area contributed by atoms with Crippen molar-refractivity contribution in [1.82, 2.24) is 5.32 Å². The zero-order chi connectivity index (χ0) is 12.3. The maximum Gasteiger partial charge on any atom is 0.0325 e. The van der Waals surface area contributed by atoms with Crippen LogP contribution in [0, 0.1) is 5.92 Å². The van der Waals surface area contributed by atoms with E-state index in [1.165, 1.54) is 31.2 Å². The van der Waals surface area contributed by atoms with E-state index in [0.717, 1.165) is 5.92 Å². The SMILES string of the molecule is CCC(C)C(C)NC1CCCc2ccccc21. The molecule has 1 aromatic rings. The molecule has 1 aliphatic carbocycles. The van der Waals surface area contributed by atoms with Crippen LogP contribution in [0.5, 0.6) is 0 Å². The fraction of sp³-hybridized carbons (Fsp3) is 0.625. The van der Waals surface area contributed by atoms with E-state index in [2.05, 4.69) is 50.4 Å². The molecule has 1 heteroatoms. The van der Waals surface area contributed by atoms with Crippen molar-refractivity contribution < 1.29 is 0 Å². The largest absolute Gasteiger partial charge is 0.307 e. The topological polar surface area (TPSA) is 12.0 Å². The lowest BCUT2D eigenvalue weighted by Gasteiger charge is -2.31. The van der Waals surface area contributed by atoms with Crippen LogP contribution in [0.3, 0.4) is 0 Å². The summed E-state index contributed by atoms with van der Waals surface area (Å²) in [4.78, 5) is 0. The fourth-order valence-electron chi connectivity index (χ4n) is 2.76. The summed E-state index contributed by atoms with van der Waals surface area (Å²) in [5, 5.41) is 3.83. The molecule has 1 N–H and O–H groups in total. The average Bonchev–Trinajstić information content (AvgIpc) is 2.38. The van der Waals surface area contributed by atoms with Crippen molar-refractivity contribution in [2.24, 2.45) is 5.92 Å². The van der Waals surface area contributed by atoms with Crippen molar-refractivity contribution >= 4 is 0 Å². The summed E-state index contributed by atoms with van der Waals surface area (Å²) in [5.41, 5.74) is 3.08. The van der Waals surface area contributed by atoms with Crippen molar-refractivity contribution in [3.8, 4) is 0 Å². The number of benzene rings is 1. The Labute approximate surface area is 106 Å². The van der Waals surface area contributed by atoms with E-state index in [4.69, 9.17) is 0 Å². The van der Waals surface area contributed by atoms with E-state index < -0.39 is 0 Å². The molecule has 0 amide bonds. The van der Waals surface area contributed by atoms with Crippen LogP contribution in [0.2, 0.25) is 0 Å². The minimum atomic E-state index is 0.573. The van der Waals surface area contributed by atoms with Gasteiger partial charge in [-0.15, -0.1) is 0 Å². The molecule has 0 saturated heterocycles. The van der Waals surface area contributed by atoms with Crippen LogP contribution in [0.1, 0.15) is 57.2 Å². The molecular weight excluding hydrogens is 206 g/mol. The number of rotatable bonds is 4. The third-order valence-corrected chi connectivity index (χ3v) is 4.33. The Bertz CT molecular complexity index is 358. The third kappa shape index (κ3) is 2.90. The second-order valence-electron chi connectivity index (χ2n) is 5.48. The molecule has 0 spiro atoms. The smallest absolute Gasteiger partial charge is 0.0325 e. The molecule has 0 bridgehead atoms. The molecule has 17 heavy (non-hydrogen) atoms. The highest BCUT2D eigenvalue weighted by Gasteiger charge is 2.22. The van der Waals surface area contributed by atoms with Gasteiger partial charge in [-0.05, 0) is 43.2 Å². The predicted molar refractivity (Wildman–Crippen MR) is 74.2 cm³/mol. The van der Waals surface area contributed by atoms with E-state index >= 15 is 0 Å². The van der Waals surface area contributed by atoms with Crippen molar-refractivity contribution in [3.63, 3.8) is 0 Å². The standard InChI is InChI=1S/C16H25N/c1-4-12(2)13(3)17-16-11-7-9-14-8-5-6-10-15(14)16/h5-6,8,10,12-13,16-17H,4,7,9,11H2,1-3H3. The van der Waals surface area contributed by atoms with Gasteiger partial charge in [0.25, 0.3) is 0 Å². The van der Waals surface area contributed by atoms with E-state index in [-0.39, 0.29) is 0 Å². The Morgan fingerprint density at radius 2 is 2.06 bits per heavy atom. The predicted octanol–water partition coefficient (Wildman–Crippen LogP) is 4.09. The van der Waals surface area contributed by atoms with Crippen LogP contribution in [-0.4, -0.2) is 6.04 Å². The van der Waals surface area contributed by atoms with Crippen LogP contribution in [-0.2, 0) is 6.42 Å². The molecule has 2 rings (SSSR count). The molecule has 0 fully saturated rings. The normalized spacial score (nSPS) is 22.9. The first-order valence-corrected chi connectivity index (χ1v) is 7.06. The van der Waals surface area contributed by atoms with Gasteiger partial charge in [0.05, 0.1) is 0 Å². The monoisotopic (exact) mass is 231 g/mol. The van der Waals surface area contributed by atoms with Crippen molar-refractivity contribution in [3.05, 3.63) is 35.4 Å². The molecule has 0 aliphatic heterocycles. The molecule has 0 radical (unpaired) electrons. The molecule has 1 nitrogen and oxygen atoms in total. The fourth-order valence-corrected chi connectivity index (χ4v) is 2.76. The number of hydrogen-bond acceptors (Lipinski definition) is 1. The Balaban J connectivity index is 2.08. The summed E-state index contributed by atoms with van der Waals surface area (Å²) in [5.74, 6) is 0.754. The quantitative estimate of drug-likeness (QED) is 0.823. The lowest BCUT2D eigenvalue weighted by atomic mass is 9.86.